The van der Waals surface area contributed by atoms with Crippen LogP contribution in [0.3, 0.4) is 0 Å². The van der Waals surface area contributed by atoms with Crippen molar-refractivity contribution in [3.05, 3.63) is 140 Å². The van der Waals surface area contributed by atoms with Crippen LogP contribution in [0.25, 0.3) is 44.5 Å². The van der Waals surface area contributed by atoms with Gasteiger partial charge >= 0.3 is 0 Å². The van der Waals surface area contributed by atoms with E-state index in [9.17, 15) is 10.2 Å². The van der Waals surface area contributed by atoms with Crippen molar-refractivity contribution in [2.24, 2.45) is 0 Å². The molecule has 4 heterocycles. The number of aliphatic hydroxyl groups excluding tert-OH is 2. The largest absolute Gasteiger partial charge is 0.494 e. The Labute approximate surface area is 321 Å². The molecule has 55 heavy (non-hydrogen) atoms. The van der Waals surface area contributed by atoms with Gasteiger partial charge in [-0.05, 0) is 103 Å². The van der Waals surface area contributed by atoms with E-state index in [1.807, 2.05) is 24.3 Å². The Balaban J connectivity index is 1.11. The summed E-state index contributed by atoms with van der Waals surface area (Å²) in [6, 6.07) is 51.2. The minimum atomic E-state index is 0.121. The number of rotatable bonds is 10. The molecule has 0 saturated carbocycles. The number of anilines is 3. The Morgan fingerprint density at radius 3 is 1.33 bits per heavy atom. The van der Waals surface area contributed by atoms with Crippen LogP contribution >= 0.6 is 0 Å². The molecular weight excluding hydrogens is 676 g/mol. The Bertz CT molecular complexity index is 2480. The molecule has 2 N–H and O–H groups in total. The topological polar surface area (TPSA) is 62.2 Å². The molecule has 4 aliphatic rings. The van der Waals surface area contributed by atoms with Crippen LogP contribution in [0.4, 0.5) is 17.1 Å². The summed E-state index contributed by atoms with van der Waals surface area (Å²) < 4.78 is 11.8. The highest BCUT2D eigenvalue weighted by Crippen LogP contribution is 2.48. The molecule has 0 fully saturated rings. The summed E-state index contributed by atoms with van der Waals surface area (Å²) in [5, 5.41) is 18.4. The molecular formula is C48H37B2NO4. The van der Waals surface area contributed by atoms with E-state index in [2.05, 4.69) is 120 Å². The highest BCUT2D eigenvalue weighted by molar-refractivity contribution is 7.05. The molecule has 0 radical (unpaired) electrons. The van der Waals surface area contributed by atoms with E-state index < -0.39 is 0 Å². The quantitative estimate of drug-likeness (QED) is 0.142. The minimum absolute atomic E-state index is 0.121. The summed E-state index contributed by atoms with van der Waals surface area (Å²) in [6.45, 7) is 1.49. The molecule has 7 aromatic rings. The summed E-state index contributed by atoms with van der Waals surface area (Å²) >= 11 is 0. The Morgan fingerprint density at radius 2 is 0.873 bits per heavy atom. The second-order valence-electron chi connectivity index (χ2n) is 14.9. The lowest BCUT2D eigenvalue weighted by Crippen LogP contribution is -2.62. The summed E-state index contributed by atoms with van der Waals surface area (Å²) in [5.41, 5.74) is 22.0. The second-order valence-corrected chi connectivity index (χ2v) is 14.9. The van der Waals surface area contributed by atoms with Crippen molar-refractivity contribution in [2.45, 2.75) is 12.8 Å². The molecule has 5 nitrogen and oxygen atoms in total. The van der Waals surface area contributed by atoms with Gasteiger partial charge < -0.3 is 24.6 Å². The molecule has 0 aromatic heterocycles. The van der Waals surface area contributed by atoms with Crippen LogP contribution < -0.4 is 47.2 Å². The number of hydrogen-bond donors (Lipinski definition) is 2. The van der Waals surface area contributed by atoms with Crippen LogP contribution in [0.1, 0.15) is 12.8 Å². The molecule has 0 unspecified atom stereocenters. The number of para-hydroxylation sites is 1. The maximum absolute atomic E-state index is 9.22. The zero-order valence-electron chi connectivity index (χ0n) is 30.3. The summed E-state index contributed by atoms with van der Waals surface area (Å²) in [7, 11) is 0. The fourth-order valence-electron chi connectivity index (χ4n) is 9.81. The first-order chi connectivity index (χ1) is 27.2. The van der Waals surface area contributed by atoms with E-state index in [4.69, 9.17) is 9.47 Å². The molecule has 0 saturated heterocycles. The highest BCUT2D eigenvalue weighted by Gasteiger charge is 2.50. The van der Waals surface area contributed by atoms with Gasteiger partial charge in [-0.2, -0.15) is 0 Å². The van der Waals surface area contributed by atoms with Gasteiger partial charge in [0.1, 0.15) is 11.5 Å². The van der Waals surface area contributed by atoms with Crippen molar-refractivity contribution in [3.63, 3.8) is 0 Å². The first-order valence-corrected chi connectivity index (χ1v) is 19.4. The lowest BCUT2D eigenvalue weighted by molar-refractivity contribution is 0.233. The number of fused-ring (bicyclic) bond motifs is 10. The van der Waals surface area contributed by atoms with Gasteiger partial charge in [-0.3, -0.25) is 0 Å². The number of hydrogen-bond acceptors (Lipinski definition) is 5. The molecule has 0 aliphatic carbocycles. The van der Waals surface area contributed by atoms with Crippen molar-refractivity contribution < 1.29 is 19.7 Å². The Kier molecular flexibility index (Phi) is 7.55. The van der Waals surface area contributed by atoms with Crippen molar-refractivity contribution in [3.8, 4) is 56.0 Å². The van der Waals surface area contributed by atoms with Crippen LogP contribution in [-0.4, -0.2) is 50.1 Å². The smallest absolute Gasteiger partial charge is 0.248 e. The second kappa shape index (κ2) is 12.8. The minimum Gasteiger partial charge on any atom is -0.494 e. The SMILES string of the molecule is OCCCOc1ccc(-c2ccc3c4c2-c2ccccc2B4c2cccc4c2N3c2ccc(-c3ccc(OCCCO)cc3)c3c2B4c2ccccc2-3)cc1. The third-order valence-corrected chi connectivity index (χ3v) is 12.0. The van der Waals surface area contributed by atoms with E-state index >= 15 is 0 Å². The van der Waals surface area contributed by atoms with Crippen LogP contribution in [0, 0.1) is 0 Å². The lowest BCUT2D eigenvalue weighted by atomic mass is 9.32. The zero-order chi connectivity index (χ0) is 36.6. The van der Waals surface area contributed by atoms with Crippen molar-refractivity contribution in [2.75, 3.05) is 31.3 Å². The molecule has 7 heteroatoms. The number of nitrogens with zero attached hydrogens (tertiary/aromatic N) is 1. The number of aliphatic hydroxyl groups is 2. The van der Waals surface area contributed by atoms with Crippen molar-refractivity contribution in [1.29, 1.82) is 0 Å². The average molecular weight is 713 g/mol. The fourth-order valence-corrected chi connectivity index (χ4v) is 9.81. The van der Waals surface area contributed by atoms with E-state index in [1.54, 1.807) is 0 Å². The van der Waals surface area contributed by atoms with Gasteiger partial charge in [0.15, 0.2) is 0 Å². The first-order valence-electron chi connectivity index (χ1n) is 19.4. The van der Waals surface area contributed by atoms with Crippen LogP contribution in [-0.2, 0) is 0 Å². The fraction of sp³-hybridized carbons (Fsp3) is 0.125. The maximum atomic E-state index is 9.22. The van der Waals surface area contributed by atoms with Gasteiger partial charge in [-0.25, -0.2) is 0 Å². The summed E-state index contributed by atoms with van der Waals surface area (Å²) in [5.74, 6) is 1.63. The molecule has 0 spiro atoms. The lowest BCUT2D eigenvalue weighted by Gasteiger charge is -2.43. The van der Waals surface area contributed by atoms with Crippen LogP contribution in [0.15, 0.2) is 140 Å². The van der Waals surface area contributed by atoms with Crippen LogP contribution in [0.2, 0.25) is 0 Å². The maximum Gasteiger partial charge on any atom is 0.248 e. The van der Waals surface area contributed by atoms with Gasteiger partial charge in [0.25, 0.3) is 0 Å². The zero-order valence-corrected chi connectivity index (χ0v) is 30.3. The number of benzene rings is 7. The normalized spacial score (nSPS) is 13.2. The van der Waals surface area contributed by atoms with Gasteiger partial charge in [0.05, 0.1) is 13.2 Å². The van der Waals surface area contributed by atoms with Crippen molar-refractivity contribution in [1.82, 2.24) is 0 Å². The van der Waals surface area contributed by atoms with E-state index in [0.29, 0.717) is 26.1 Å². The molecule has 4 aliphatic heterocycles. The van der Waals surface area contributed by atoms with E-state index in [0.717, 1.165) is 22.6 Å². The third-order valence-electron chi connectivity index (χ3n) is 12.0. The summed E-state index contributed by atoms with van der Waals surface area (Å²) in [6.07, 6.45) is 1.23. The first kappa shape index (κ1) is 32.4. The Morgan fingerprint density at radius 1 is 0.436 bits per heavy atom. The Hall–Kier alpha value is -6.01. The number of ether oxygens (including phenoxy) is 2. The van der Waals surface area contributed by atoms with E-state index in [1.165, 1.54) is 83.2 Å². The van der Waals surface area contributed by atoms with Crippen LogP contribution in [0.5, 0.6) is 11.5 Å². The molecule has 11 rings (SSSR count). The molecule has 7 aromatic carbocycles. The van der Waals surface area contributed by atoms with Gasteiger partial charge in [-0.15, -0.1) is 0 Å². The molecule has 0 bridgehead atoms. The van der Waals surface area contributed by atoms with E-state index in [-0.39, 0.29) is 26.6 Å². The molecule has 264 valence electrons. The van der Waals surface area contributed by atoms with Gasteiger partial charge in [0.2, 0.25) is 13.4 Å². The standard InChI is InChI=1S/C48H37B2NO4/c52-26-6-28-54-32-18-14-30(15-19-32)34-22-24-42-46-44(34)36-8-1-3-10-38(36)49(46)40-12-5-13-41-48(40)51(42)43-25-23-35(31-16-20-33(21-17-31)55-29-7-27-53)45-37-9-2-4-11-39(37)50(41)47(43)45/h1-5,8-25,52-53H,6-7,26-29H2. The third kappa shape index (κ3) is 4.76. The molecule has 0 amide bonds. The monoisotopic (exact) mass is 713 g/mol. The summed E-state index contributed by atoms with van der Waals surface area (Å²) in [4.78, 5) is 2.58. The predicted molar refractivity (Wildman–Crippen MR) is 227 cm³/mol. The highest BCUT2D eigenvalue weighted by atomic mass is 16.5. The van der Waals surface area contributed by atoms with Crippen molar-refractivity contribution >= 4 is 63.3 Å². The predicted octanol–water partition coefficient (Wildman–Crippen LogP) is 5.63. The average Bonchev–Trinajstić information content (AvgIpc) is 3.77. The molecule has 0 atom stereocenters. The van der Waals surface area contributed by atoms with Gasteiger partial charge in [0, 0.05) is 43.1 Å². The van der Waals surface area contributed by atoms with Gasteiger partial charge in [-0.1, -0.05) is 114 Å².